The molecule has 140 heavy (non-hydrogen) atoms. The molecule has 36 rings (SSSR count). The molecule has 28 aromatic rings. The normalized spacial score (nSPS) is 13.5. The highest BCUT2D eigenvalue weighted by atomic mass is 15.1. The molecule has 8 aliphatic carbocycles. The van der Waals surface area contributed by atoms with Crippen LogP contribution in [0.5, 0.6) is 0 Å². The van der Waals surface area contributed by atoms with Crippen LogP contribution in [0.15, 0.2) is 341 Å². The summed E-state index contributed by atoms with van der Waals surface area (Å²) in [7, 11) is 0. The molecule has 648 valence electrons. The van der Waals surface area contributed by atoms with Crippen molar-refractivity contribution >= 4 is 154 Å². The van der Waals surface area contributed by atoms with Crippen LogP contribution in [0.25, 0.3) is 243 Å². The average Bonchev–Trinajstić information content (AvgIpc) is 1.55. The zero-order chi connectivity index (χ0) is 90.7. The molecule has 16 aromatic heterocycles. The van der Waals surface area contributed by atoms with Gasteiger partial charge < -0.3 is 0 Å². The standard InChI is InChI=1S/4C31H18N4/c1-2-5-20-17(4-1)14-18-7-8-19-15-23-21(28(19)27(18)20)9-10-22-24-16-32-13-11-25(24)35-26-6-3-12-33-30(26)34-31(35)29(22)23;1-2-5-20-17(4-1)12-18-13-19-14-25-21(24(19)15-23(18)20)7-8-22-26-16-32-11-9-27(26)35-28-6-3-10-33-30(28)34-31(35)29(22)25;1-2-5-20-17(4-1)12-18-7-8-21-22-15-23-25(14-19(22)13-24(21)29(18)20)31-34-30-28(6-3-10-33-30)35(31)27-9-11-32-16-26(23)27;1-2-5-21-17(4-1)10-18-13-23-19(12-22(18)21)11-20-14-26-25(15-24(20)23)27-16-32-9-7-28(27)35-29-6-3-8-33-30(29)34-31(26)35/h1-13,16H,14-15H2;1-11,13,15-16H,12,14H2;1-11,14-16H,12-13H2;1-9,12-16H,10-11H2. The first kappa shape index (κ1) is 75.1. The smallest absolute Gasteiger partial charge is 0.178 e. The number of imidazole rings is 4. The number of rotatable bonds is 0. The second-order valence-corrected chi connectivity index (χ2v) is 38.8. The third-order valence-corrected chi connectivity index (χ3v) is 31.9. The Kier molecular flexibility index (Phi) is 14.9. The summed E-state index contributed by atoms with van der Waals surface area (Å²) in [5, 5.41) is 14.1. The third kappa shape index (κ3) is 10.3. The molecule has 0 amide bonds. The van der Waals surface area contributed by atoms with Crippen LogP contribution in [-0.4, -0.2) is 77.4 Å². The Balaban J connectivity index is 0.0000000829. The molecule has 16 nitrogen and oxygen atoms in total. The number of pyridine rings is 12. The van der Waals surface area contributed by atoms with E-state index in [9.17, 15) is 0 Å². The van der Waals surface area contributed by atoms with Gasteiger partial charge in [-0.15, -0.1) is 0 Å². The molecule has 16 heteroatoms. The maximum Gasteiger partial charge on any atom is 0.178 e. The number of hydrogen-bond acceptors (Lipinski definition) is 12. The van der Waals surface area contributed by atoms with E-state index >= 15 is 0 Å². The number of benzene rings is 12. The van der Waals surface area contributed by atoms with E-state index in [1.54, 1.807) is 0 Å². The lowest BCUT2D eigenvalue weighted by molar-refractivity contribution is 1.22. The summed E-state index contributed by atoms with van der Waals surface area (Å²) in [6.07, 6.45) is 30.5. The third-order valence-electron chi connectivity index (χ3n) is 31.9. The van der Waals surface area contributed by atoms with Crippen molar-refractivity contribution in [2.75, 3.05) is 0 Å². The molecule has 0 radical (unpaired) electrons. The fourth-order valence-corrected chi connectivity index (χ4v) is 26.0. The molecule has 0 atom stereocenters. The second-order valence-electron chi connectivity index (χ2n) is 38.8. The average molecular weight is 1790 g/mol. The number of hydrogen-bond donors (Lipinski definition) is 0. The summed E-state index contributed by atoms with van der Waals surface area (Å²) in [5.41, 5.74) is 60.3. The molecule has 8 aliphatic rings. The second kappa shape index (κ2) is 27.7. The Morgan fingerprint density at radius 2 is 0.493 bits per heavy atom. The first-order chi connectivity index (χ1) is 69.4. The highest BCUT2D eigenvalue weighted by molar-refractivity contribution is 6.21. The largest absolute Gasteiger partial charge is 0.290 e. The van der Waals surface area contributed by atoms with E-state index in [1.807, 2.05) is 98.6 Å². The first-order valence-corrected chi connectivity index (χ1v) is 48.2. The maximum absolute atomic E-state index is 5.07. The topological polar surface area (TPSA) is 172 Å². The highest BCUT2D eigenvalue weighted by Crippen LogP contribution is 2.56. The molecule has 0 saturated heterocycles. The molecule has 0 spiro atoms. The molecular weight excluding hydrogens is 1710 g/mol. The van der Waals surface area contributed by atoms with Crippen LogP contribution in [0, 0.1) is 0 Å². The van der Waals surface area contributed by atoms with Crippen molar-refractivity contribution in [3.8, 4) is 89.0 Å². The van der Waals surface area contributed by atoms with E-state index in [0.717, 1.165) is 173 Å². The number of fused-ring (bicyclic) bond motifs is 60. The summed E-state index contributed by atoms with van der Waals surface area (Å²) in [5.74, 6) is 0. The van der Waals surface area contributed by atoms with E-state index in [0.29, 0.717) is 0 Å². The van der Waals surface area contributed by atoms with Gasteiger partial charge in [0.1, 0.15) is 22.6 Å². The van der Waals surface area contributed by atoms with Gasteiger partial charge in [0.15, 0.2) is 22.6 Å². The van der Waals surface area contributed by atoms with E-state index in [-0.39, 0.29) is 0 Å². The molecule has 16 heterocycles. The summed E-state index contributed by atoms with van der Waals surface area (Å²) in [4.78, 5) is 56.3. The van der Waals surface area contributed by atoms with Crippen LogP contribution in [-0.2, 0) is 51.4 Å². The van der Waals surface area contributed by atoms with Crippen molar-refractivity contribution in [3.63, 3.8) is 0 Å². The van der Waals surface area contributed by atoms with Gasteiger partial charge in [0.2, 0.25) is 0 Å². The van der Waals surface area contributed by atoms with Gasteiger partial charge in [-0.05, 0) is 366 Å². The van der Waals surface area contributed by atoms with E-state index in [1.165, 1.54) is 210 Å². The van der Waals surface area contributed by atoms with Crippen LogP contribution in [0.4, 0.5) is 0 Å². The van der Waals surface area contributed by atoms with Gasteiger partial charge in [0.25, 0.3) is 0 Å². The zero-order valence-electron chi connectivity index (χ0n) is 75.1. The summed E-state index contributed by atoms with van der Waals surface area (Å²) >= 11 is 0. The van der Waals surface area contributed by atoms with E-state index in [2.05, 4.69) is 300 Å². The summed E-state index contributed by atoms with van der Waals surface area (Å²) in [6.45, 7) is 0. The van der Waals surface area contributed by atoms with Crippen LogP contribution < -0.4 is 0 Å². The Bertz CT molecular complexity index is 10700. The predicted molar refractivity (Wildman–Crippen MR) is 559 cm³/mol. The van der Waals surface area contributed by atoms with Gasteiger partial charge >= 0.3 is 0 Å². The molecule has 12 aromatic carbocycles. The fraction of sp³-hybridized carbons (Fsp3) is 0.0645. The fourth-order valence-electron chi connectivity index (χ4n) is 26.0. The number of nitrogens with zero attached hydrogens (tertiary/aromatic N) is 16. The van der Waals surface area contributed by atoms with Crippen molar-refractivity contribution in [2.45, 2.75) is 51.4 Å². The Morgan fingerprint density at radius 3 is 1.01 bits per heavy atom. The van der Waals surface area contributed by atoms with Crippen LogP contribution in [0.2, 0.25) is 0 Å². The van der Waals surface area contributed by atoms with Gasteiger partial charge in [-0.1, -0.05) is 152 Å². The minimum Gasteiger partial charge on any atom is -0.290 e. The Labute approximate surface area is 796 Å². The molecule has 0 unspecified atom stereocenters. The SMILES string of the molecule is c1ccc2c(c1)Cc1cc3c(cc1-2)-c1ccc2c4cnccc4n4c5cccnc5nc4c2c1C3.c1ccc2c(c1)Cc1cc3c(cc1-2)Cc1cc2c(cc1-3)c1cnccc1n1c3cccnc3nc21.c1ccc2c(c1)Cc1ccc3c(c1-2)-c1ccc2c4cnccc4n4c5cccnc5nc4c2c1C3.c1ccc2c(c1)Cc1ccc3c(c1-2)Cc1cc2c(cc1-3)c1cnccc1n1c3cccnc3nc21. The quantitative estimate of drug-likeness (QED) is 0.132. The predicted octanol–water partition coefficient (Wildman–Crippen LogP) is 26.9. The lowest BCUT2D eigenvalue weighted by Gasteiger charge is -2.13. The Hall–Kier alpha value is -18.3. The van der Waals surface area contributed by atoms with Gasteiger partial charge in [0, 0.05) is 117 Å². The monoisotopic (exact) mass is 1780 g/mol. The molecule has 0 fully saturated rings. The molecule has 0 aliphatic heterocycles. The van der Waals surface area contributed by atoms with Crippen molar-refractivity contribution < 1.29 is 0 Å². The van der Waals surface area contributed by atoms with Crippen molar-refractivity contribution in [1.29, 1.82) is 0 Å². The molecule has 0 saturated carbocycles. The first-order valence-electron chi connectivity index (χ1n) is 48.2. The van der Waals surface area contributed by atoms with E-state index < -0.39 is 0 Å². The highest BCUT2D eigenvalue weighted by Gasteiger charge is 2.36. The van der Waals surface area contributed by atoms with Crippen LogP contribution >= 0.6 is 0 Å². The van der Waals surface area contributed by atoms with Crippen LogP contribution in [0.1, 0.15) is 89.0 Å². The van der Waals surface area contributed by atoms with Gasteiger partial charge in [-0.25, -0.2) is 39.9 Å². The molecular formula is C124H72N16. The van der Waals surface area contributed by atoms with Crippen molar-refractivity contribution in [3.05, 3.63) is 430 Å². The number of aromatic nitrogens is 16. The van der Waals surface area contributed by atoms with Crippen molar-refractivity contribution in [2.24, 2.45) is 0 Å². The lowest BCUT2D eigenvalue weighted by Crippen LogP contribution is -1.95. The lowest BCUT2D eigenvalue weighted by atomic mass is 9.92. The summed E-state index contributed by atoms with van der Waals surface area (Å²) in [6, 6.07) is 97.8. The summed E-state index contributed by atoms with van der Waals surface area (Å²) < 4.78 is 9.01. The minimum absolute atomic E-state index is 0.774. The van der Waals surface area contributed by atoms with Crippen molar-refractivity contribution in [1.82, 2.24) is 77.4 Å². The van der Waals surface area contributed by atoms with E-state index in [4.69, 9.17) is 19.9 Å². The zero-order valence-corrected chi connectivity index (χ0v) is 75.1. The molecule has 0 N–H and O–H groups in total. The van der Waals surface area contributed by atoms with Gasteiger partial charge in [-0.3, -0.25) is 37.5 Å². The molecule has 0 bridgehead atoms. The van der Waals surface area contributed by atoms with Gasteiger partial charge in [0.05, 0.1) is 44.1 Å². The Morgan fingerprint density at radius 1 is 0.171 bits per heavy atom. The minimum atomic E-state index is 0.774. The maximum atomic E-state index is 5.07. The van der Waals surface area contributed by atoms with Crippen LogP contribution in [0.3, 0.4) is 0 Å². The van der Waals surface area contributed by atoms with Gasteiger partial charge in [-0.2, -0.15) is 0 Å².